The van der Waals surface area contributed by atoms with E-state index in [9.17, 15) is 9.59 Å². The smallest absolute Gasteiger partial charge is 0.272 e. The molecule has 2 aliphatic rings. The molecule has 1 fully saturated rings. The van der Waals surface area contributed by atoms with Gasteiger partial charge >= 0.3 is 0 Å². The number of nitrogens with zero attached hydrogens (tertiary/aromatic N) is 3. The first-order valence-corrected chi connectivity index (χ1v) is 11.6. The van der Waals surface area contributed by atoms with Crippen molar-refractivity contribution < 1.29 is 9.59 Å². The van der Waals surface area contributed by atoms with E-state index in [1.807, 2.05) is 38.1 Å². The first kappa shape index (κ1) is 22.5. The number of nitrogens with one attached hydrogen (secondary N) is 1. The second-order valence-corrected chi connectivity index (χ2v) is 9.58. The van der Waals surface area contributed by atoms with Crippen LogP contribution in [0.4, 0.5) is 0 Å². The summed E-state index contributed by atoms with van der Waals surface area (Å²) in [6.45, 7) is 4.88. The Hall–Kier alpha value is -2.73. The lowest BCUT2D eigenvalue weighted by Crippen LogP contribution is -2.44. The first-order chi connectivity index (χ1) is 15.4. The van der Waals surface area contributed by atoms with Gasteiger partial charge in [0.1, 0.15) is 5.69 Å². The van der Waals surface area contributed by atoms with Crippen molar-refractivity contribution in [2.24, 2.45) is 0 Å². The lowest BCUT2D eigenvalue weighted by atomic mass is 9.73. The van der Waals surface area contributed by atoms with Gasteiger partial charge in [-0.05, 0) is 74.9 Å². The molecule has 2 amide bonds. The Labute approximate surface area is 191 Å². The monoisotopic (exact) mass is 434 g/mol. The van der Waals surface area contributed by atoms with Crippen molar-refractivity contribution in [2.75, 3.05) is 40.3 Å². The van der Waals surface area contributed by atoms with Gasteiger partial charge in [0, 0.05) is 38.3 Å². The predicted octanol–water partition coefficient (Wildman–Crippen LogP) is 3.12. The molecule has 32 heavy (non-hydrogen) atoms. The van der Waals surface area contributed by atoms with Crippen LogP contribution in [0.5, 0.6) is 0 Å². The number of fused-ring (bicyclic) bond motifs is 2. The maximum atomic E-state index is 13.0. The van der Waals surface area contributed by atoms with Crippen molar-refractivity contribution in [2.45, 2.75) is 43.9 Å². The number of rotatable bonds is 6. The molecule has 1 aliphatic heterocycles. The molecule has 1 spiro atoms. The van der Waals surface area contributed by atoms with Crippen molar-refractivity contribution in [1.29, 1.82) is 0 Å². The van der Waals surface area contributed by atoms with Gasteiger partial charge in [0.15, 0.2) is 0 Å². The molecule has 0 unspecified atom stereocenters. The fourth-order valence-corrected chi connectivity index (χ4v) is 5.36. The van der Waals surface area contributed by atoms with Crippen molar-refractivity contribution in [3.05, 3.63) is 65.0 Å². The molecule has 4 rings (SSSR count). The SMILES string of the molecule is Cc1cccc(C(=O)N2CCC3(CC2)C[C@@H](CC(=O)NCCN(C)C)c2ccccc23)n1. The quantitative estimate of drug-likeness (QED) is 0.759. The summed E-state index contributed by atoms with van der Waals surface area (Å²) in [6.07, 6.45) is 3.38. The van der Waals surface area contributed by atoms with E-state index >= 15 is 0 Å². The van der Waals surface area contributed by atoms with Crippen LogP contribution in [0, 0.1) is 6.92 Å². The average Bonchev–Trinajstić information content (AvgIpc) is 3.06. The highest BCUT2D eigenvalue weighted by atomic mass is 16.2. The summed E-state index contributed by atoms with van der Waals surface area (Å²) in [5.41, 5.74) is 4.14. The van der Waals surface area contributed by atoms with Gasteiger partial charge in [-0.3, -0.25) is 9.59 Å². The number of carbonyl (C=O) groups excluding carboxylic acids is 2. The van der Waals surface area contributed by atoms with Gasteiger partial charge in [-0.15, -0.1) is 0 Å². The van der Waals surface area contributed by atoms with Crippen LogP contribution >= 0.6 is 0 Å². The number of aromatic nitrogens is 1. The summed E-state index contributed by atoms with van der Waals surface area (Å²) in [7, 11) is 4.02. The molecule has 1 aliphatic carbocycles. The summed E-state index contributed by atoms with van der Waals surface area (Å²) in [5.74, 6) is 0.389. The van der Waals surface area contributed by atoms with Crippen LogP contribution in [-0.2, 0) is 10.2 Å². The van der Waals surface area contributed by atoms with Gasteiger partial charge in [-0.25, -0.2) is 4.98 Å². The number of hydrogen-bond acceptors (Lipinski definition) is 4. The zero-order chi connectivity index (χ0) is 22.7. The van der Waals surface area contributed by atoms with E-state index in [1.54, 1.807) is 6.07 Å². The molecule has 0 radical (unpaired) electrons. The maximum Gasteiger partial charge on any atom is 0.272 e. The minimum atomic E-state index is 0.0200. The largest absolute Gasteiger partial charge is 0.355 e. The Balaban J connectivity index is 1.43. The summed E-state index contributed by atoms with van der Waals surface area (Å²) >= 11 is 0. The van der Waals surface area contributed by atoms with Crippen LogP contribution in [0.2, 0.25) is 0 Å². The average molecular weight is 435 g/mol. The van der Waals surface area contributed by atoms with Crippen molar-refractivity contribution in [1.82, 2.24) is 20.1 Å². The second kappa shape index (κ2) is 9.41. The lowest BCUT2D eigenvalue weighted by molar-refractivity contribution is -0.121. The summed E-state index contributed by atoms with van der Waals surface area (Å²) in [4.78, 5) is 34.0. The summed E-state index contributed by atoms with van der Waals surface area (Å²) < 4.78 is 0. The maximum absolute atomic E-state index is 13.0. The third-order valence-corrected chi connectivity index (χ3v) is 7.04. The third-order valence-electron chi connectivity index (χ3n) is 7.04. The molecule has 1 aromatic heterocycles. The summed E-state index contributed by atoms with van der Waals surface area (Å²) in [5, 5.41) is 3.07. The van der Waals surface area contributed by atoms with Crippen LogP contribution in [0.15, 0.2) is 42.5 Å². The van der Waals surface area contributed by atoms with Gasteiger partial charge in [-0.1, -0.05) is 30.3 Å². The molecular formula is C26H34N4O2. The Morgan fingerprint density at radius 1 is 1.12 bits per heavy atom. The summed E-state index contributed by atoms with van der Waals surface area (Å²) in [6, 6.07) is 14.2. The number of pyridine rings is 1. The van der Waals surface area contributed by atoms with Gasteiger partial charge in [-0.2, -0.15) is 0 Å². The normalized spacial score (nSPS) is 19.2. The van der Waals surface area contributed by atoms with Crippen LogP contribution in [0.1, 0.15) is 58.9 Å². The van der Waals surface area contributed by atoms with Crippen LogP contribution in [0.3, 0.4) is 0 Å². The van der Waals surface area contributed by atoms with Gasteiger partial charge in [0.05, 0.1) is 0 Å². The Bertz CT molecular complexity index is 979. The fourth-order valence-electron chi connectivity index (χ4n) is 5.36. The molecule has 6 nitrogen and oxygen atoms in total. The third kappa shape index (κ3) is 4.70. The molecule has 1 saturated heterocycles. The number of likely N-dealkylation sites (N-methyl/N-ethyl adjacent to an activating group) is 1. The molecule has 2 aromatic rings. The van der Waals surface area contributed by atoms with Gasteiger partial charge in [0.2, 0.25) is 5.91 Å². The standard InChI is InChI=1S/C26H34N4O2/c1-19-7-6-10-23(28-19)25(32)30-14-11-26(12-15-30)18-20(21-8-4-5-9-22(21)26)17-24(31)27-13-16-29(2)3/h4-10,20H,11-18H2,1-3H3,(H,27,31)/t20-/m1/s1. The molecule has 170 valence electrons. The number of amides is 2. The topological polar surface area (TPSA) is 65.5 Å². The van der Waals surface area contributed by atoms with Crippen molar-refractivity contribution in [3.8, 4) is 0 Å². The minimum Gasteiger partial charge on any atom is -0.355 e. The predicted molar refractivity (Wildman–Crippen MR) is 126 cm³/mol. The Morgan fingerprint density at radius 2 is 1.88 bits per heavy atom. The highest BCUT2D eigenvalue weighted by Crippen LogP contribution is 2.52. The van der Waals surface area contributed by atoms with E-state index in [1.165, 1.54) is 11.1 Å². The number of benzene rings is 1. The van der Waals surface area contributed by atoms with E-state index in [0.717, 1.165) is 44.6 Å². The molecule has 0 bridgehead atoms. The number of likely N-dealkylation sites (tertiary alicyclic amines) is 1. The van der Waals surface area contributed by atoms with E-state index in [-0.39, 0.29) is 23.1 Å². The highest BCUT2D eigenvalue weighted by Gasteiger charge is 2.46. The highest BCUT2D eigenvalue weighted by molar-refractivity contribution is 5.92. The lowest BCUT2D eigenvalue weighted by Gasteiger charge is -2.40. The van der Waals surface area contributed by atoms with Crippen molar-refractivity contribution >= 4 is 11.8 Å². The minimum absolute atomic E-state index is 0.0200. The van der Waals surface area contributed by atoms with E-state index in [2.05, 4.69) is 39.5 Å². The van der Waals surface area contributed by atoms with E-state index in [0.29, 0.717) is 18.7 Å². The molecule has 0 saturated carbocycles. The molecule has 6 heteroatoms. The number of hydrogen-bond donors (Lipinski definition) is 1. The van der Waals surface area contributed by atoms with Crippen LogP contribution in [-0.4, -0.2) is 66.9 Å². The van der Waals surface area contributed by atoms with Crippen LogP contribution < -0.4 is 5.32 Å². The molecule has 1 aromatic carbocycles. The van der Waals surface area contributed by atoms with Gasteiger partial charge < -0.3 is 15.1 Å². The number of piperidine rings is 1. The van der Waals surface area contributed by atoms with Crippen molar-refractivity contribution in [3.63, 3.8) is 0 Å². The van der Waals surface area contributed by atoms with Gasteiger partial charge in [0.25, 0.3) is 5.91 Å². The van der Waals surface area contributed by atoms with Crippen LogP contribution in [0.25, 0.3) is 0 Å². The molecule has 1 atom stereocenters. The number of carbonyl (C=O) groups is 2. The molecule has 1 N–H and O–H groups in total. The molecule has 2 heterocycles. The first-order valence-electron chi connectivity index (χ1n) is 11.6. The zero-order valence-electron chi connectivity index (χ0n) is 19.4. The Kier molecular flexibility index (Phi) is 6.60. The van der Waals surface area contributed by atoms with E-state index < -0.39 is 0 Å². The second-order valence-electron chi connectivity index (χ2n) is 9.58. The van der Waals surface area contributed by atoms with E-state index in [4.69, 9.17) is 0 Å². The fraction of sp³-hybridized carbons (Fsp3) is 0.500. The Morgan fingerprint density at radius 3 is 2.59 bits per heavy atom. The molecular weight excluding hydrogens is 400 g/mol. The zero-order valence-corrected chi connectivity index (χ0v) is 19.4. The number of aryl methyl sites for hydroxylation is 1.